The zero-order valence-corrected chi connectivity index (χ0v) is 9.42. The van der Waals surface area contributed by atoms with Gasteiger partial charge in [0.15, 0.2) is 0 Å². The zero-order chi connectivity index (χ0) is 10.9. The van der Waals surface area contributed by atoms with Crippen molar-refractivity contribution >= 4 is 10.0 Å². The van der Waals surface area contributed by atoms with E-state index >= 15 is 0 Å². The largest absolute Gasteiger partial charge is 0.347 e. The van der Waals surface area contributed by atoms with Crippen LogP contribution in [0.2, 0.25) is 0 Å². The number of hydrogen-bond donors (Lipinski definition) is 2. The maximum atomic E-state index is 11.6. The Bertz CT molecular complexity index is 409. The van der Waals surface area contributed by atoms with E-state index in [1.54, 1.807) is 19.3 Å². The van der Waals surface area contributed by atoms with Gasteiger partial charge in [-0.3, -0.25) is 0 Å². The highest BCUT2D eigenvalue weighted by Crippen LogP contribution is 2.30. The number of nitrogens with one attached hydrogen (secondary N) is 2. The molecule has 1 saturated carbocycles. The lowest BCUT2D eigenvalue weighted by molar-refractivity contribution is 0.557. The van der Waals surface area contributed by atoms with Gasteiger partial charge in [-0.1, -0.05) is 0 Å². The molecule has 2 rings (SSSR count). The summed E-state index contributed by atoms with van der Waals surface area (Å²) in [5.41, 5.74) is 0. The highest BCUT2D eigenvalue weighted by molar-refractivity contribution is 7.89. The zero-order valence-electron chi connectivity index (χ0n) is 8.60. The average Bonchev–Trinajstić information content (AvgIpc) is 2.78. The first-order valence-electron chi connectivity index (χ1n) is 5.06. The fourth-order valence-electron chi connectivity index (χ4n) is 1.48. The maximum Gasteiger partial charge on any atom is 0.212 e. The summed E-state index contributed by atoms with van der Waals surface area (Å²) in [6.45, 7) is 1.78. The third kappa shape index (κ3) is 3.04. The van der Waals surface area contributed by atoms with E-state index in [0.29, 0.717) is 11.7 Å². The van der Waals surface area contributed by atoms with E-state index in [-0.39, 0.29) is 11.8 Å². The van der Waals surface area contributed by atoms with Crippen LogP contribution in [0, 0.1) is 5.92 Å². The topological polar surface area (TPSA) is 74.8 Å². The molecule has 0 aliphatic heterocycles. The van der Waals surface area contributed by atoms with E-state index in [0.717, 1.165) is 12.8 Å². The molecule has 1 atom stereocenters. The van der Waals surface area contributed by atoms with E-state index in [1.165, 1.54) is 0 Å². The summed E-state index contributed by atoms with van der Waals surface area (Å²) in [6.07, 6.45) is 5.37. The van der Waals surface area contributed by atoms with Gasteiger partial charge in [0.2, 0.25) is 10.0 Å². The number of aromatic amines is 1. The smallest absolute Gasteiger partial charge is 0.212 e. The lowest BCUT2D eigenvalue weighted by Crippen LogP contribution is -2.30. The molecular weight excluding hydrogens is 214 g/mol. The van der Waals surface area contributed by atoms with Crippen molar-refractivity contribution in [3.8, 4) is 0 Å². The molecule has 84 valence electrons. The second kappa shape index (κ2) is 3.94. The minimum atomic E-state index is -3.15. The molecule has 0 bridgehead atoms. The molecule has 1 aliphatic carbocycles. The summed E-state index contributed by atoms with van der Waals surface area (Å²) in [5.74, 6) is 1.26. The fraction of sp³-hybridized carbons (Fsp3) is 0.667. The van der Waals surface area contributed by atoms with Crippen LogP contribution in [-0.4, -0.2) is 24.1 Å². The molecule has 15 heavy (non-hydrogen) atoms. The van der Waals surface area contributed by atoms with Gasteiger partial charge in [-0.25, -0.2) is 18.1 Å². The van der Waals surface area contributed by atoms with Crippen LogP contribution in [0.3, 0.4) is 0 Å². The highest BCUT2D eigenvalue weighted by Gasteiger charge is 2.29. The Kier molecular flexibility index (Phi) is 2.79. The molecule has 1 heterocycles. The van der Waals surface area contributed by atoms with E-state index in [4.69, 9.17) is 0 Å². The van der Waals surface area contributed by atoms with Crippen LogP contribution >= 0.6 is 0 Å². The molecule has 0 spiro atoms. The van der Waals surface area contributed by atoms with Crippen LogP contribution in [0.15, 0.2) is 12.4 Å². The summed E-state index contributed by atoms with van der Waals surface area (Å²) < 4.78 is 25.9. The molecule has 2 N–H and O–H groups in total. The van der Waals surface area contributed by atoms with E-state index in [9.17, 15) is 8.42 Å². The van der Waals surface area contributed by atoms with Crippen molar-refractivity contribution in [2.75, 3.05) is 5.75 Å². The van der Waals surface area contributed by atoms with Crippen molar-refractivity contribution in [1.29, 1.82) is 0 Å². The molecule has 1 aliphatic rings. The SMILES string of the molecule is CC(NS(=O)(=O)CC1CC1)c1ncc[nH]1. The Labute approximate surface area is 89.4 Å². The highest BCUT2D eigenvalue weighted by atomic mass is 32.2. The quantitative estimate of drug-likeness (QED) is 0.784. The van der Waals surface area contributed by atoms with Gasteiger partial charge in [0.1, 0.15) is 5.82 Å². The first-order chi connectivity index (χ1) is 7.07. The molecule has 1 aromatic rings. The Hall–Kier alpha value is -0.880. The predicted molar refractivity (Wildman–Crippen MR) is 56.6 cm³/mol. The van der Waals surface area contributed by atoms with Crippen molar-refractivity contribution in [3.63, 3.8) is 0 Å². The number of aromatic nitrogens is 2. The van der Waals surface area contributed by atoms with Crippen molar-refractivity contribution < 1.29 is 8.42 Å². The Morgan fingerprint density at radius 1 is 1.67 bits per heavy atom. The molecule has 0 saturated heterocycles. The minimum absolute atomic E-state index is 0.248. The molecule has 0 amide bonds. The van der Waals surface area contributed by atoms with Crippen LogP contribution in [-0.2, 0) is 10.0 Å². The number of H-pyrrole nitrogens is 1. The minimum Gasteiger partial charge on any atom is -0.347 e. The van der Waals surface area contributed by atoms with Crippen molar-refractivity contribution in [3.05, 3.63) is 18.2 Å². The second-order valence-electron chi connectivity index (χ2n) is 4.04. The number of sulfonamides is 1. The molecule has 0 aromatic carbocycles. The fourth-order valence-corrected chi connectivity index (χ4v) is 3.18. The predicted octanol–water partition coefficient (Wildman–Crippen LogP) is 0.800. The van der Waals surface area contributed by atoms with E-state index in [1.807, 2.05) is 0 Å². The monoisotopic (exact) mass is 229 g/mol. The van der Waals surface area contributed by atoms with E-state index < -0.39 is 10.0 Å². The van der Waals surface area contributed by atoms with Crippen molar-refractivity contribution in [2.24, 2.45) is 5.92 Å². The summed E-state index contributed by atoms with van der Waals surface area (Å²) in [6, 6.07) is -0.288. The molecule has 6 heteroatoms. The molecule has 5 nitrogen and oxygen atoms in total. The van der Waals surface area contributed by atoms with Gasteiger partial charge in [-0.15, -0.1) is 0 Å². The van der Waals surface area contributed by atoms with Crippen molar-refractivity contribution in [1.82, 2.24) is 14.7 Å². The van der Waals surface area contributed by atoms with Crippen LogP contribution in [0.4, 0.5) is 0 Å². The summed E-state index contributed by atoms with van der Waals surface area (Å²) in [7, 11) is -3.15. The number of hydrogen-bond acceptors (Lipinski definition) is 3. The van der Waals surface area contributed by atoms with Crippen molar-refractivity contribution in [2.45, 2.75) is 25.8 Å². The first-order valence-corrected chi connectivity index (χ1v) is 6.71. The Morgan fingerprint density at radius 3 is 2.93 bits per heavy atom. The van der Waals surface area contributed by atoms with Gasteiger partial charge >= 0.3 is 0 Å². The molecular formula is C9H15N3O2S. The maximum absolute atomic E-state index is 11.6. The standard InChI is InChI=1S/C9H15N3O2S/c1-7(9-10-4-5-11-9)12-15(13,14)6-8-2-3-8/h4-5,7-8,12H,2-3,6H2,1H3,(H,10,11). The van der Waals surface area contributed by atoms with Crippen LogP contribution in [0.25, 0.3) is 0 Å². The summed E-state index contributed by atoms with van der Waals surface area (Å²) in [4.78, 5) is 6.90. The third-order valence-electron chi connectivity index (χ3n) is 2.44. The number of nitrogens with zero attached hydrogens (tertiary/aromatic N) is 1. The Balaban J connectivity index is 1.95. The van der Waals surface area contributed by atoms with Crippen LogP contribution < -0.4 is 4.72 Å². The molecule has 1 unspecified atom stereocenters. The molecule has 1 fully saturated rings. The number of rotatable bonds is 5. The van der Waals surface area contributed by atoms with Gasteiger partial charge in [0, 0.05) is 12.4 Å². The van der Waals surface area contributed by atoms with Gasteiger partial charge in [0.05, 0.1) is 11.8 Å². The van der Waals surface area contributed by atoms with Gasteiger partial charge < -0.3 is 4.98 Å². The Morgan fingerprint density at radius 2 is 2.40 bits per heavy atom. The first kappa shape index (κ1) is 10.6. The third-order valence-corrected chi connectivity index (χ3v) is 4.06. The summed E-state index contributed by atoms with van der Waals surface area (Å²) in [5, 5.41) is 0. The van der Waals surface area contributed by atoms with Crippen LogP contribution in [0.1, 0.15) is 31.6 Å². The summed E-state index contributed by atoms with van der Waals surface area (Å²) >= 11 is 0. The average molecular weight is 229 g/mol. The van der Waals surface area contributed by atoms with Gasteiger partial charge in [-0.2, -0.15) is 0 Å². The van der Waals surface area contributed by atoms with Crippen LogP contribution in [0.5, 0.6) is 0 Å². The van der Waals surface area contributed by atoms with Gasteiger partial charge in [0.25, 0.3) is 0 Å². The molecule has 0 radical (unpaired) electrons. The lowest BCUT2D eigenvalue weighted by Gasteiger charge is -2.11. The van der Waals surface area contributed by atoms with E-state index in [2.05, 4.69) is 14.7 Å². The molecule has 1 aromatic heterocycles. The normalized spacial score (nSPS) is 19.0. The second-order valence-corrected chi connectivity index (χ2v) is 5.84. The number of imidazole rings is 1. The lowest BCUT2D eigenvalue weighted by atomic mass is 10.3. The van der Waals surface area contributed by atoms with Gasteiger partial charge in [-0.05, 0) is 25.7 Å².